The average Bonchev–Trinajstić information content (AvgIpc) is 2.18. The van der Waals surface area contributed by atoms with Crippen molar-refractivity contribution >= 4 is 11.6 Å². The van der Waals surface area contributed by atoms with Gasteiger partial charge in [-0.05, 0) is 24.6 Å². The number of rotatable bonds is 3. The predicted octanol–water partition coefficient (Wildman–Crippen LogP) is 2.60. The molecule has 0 spiro atoms. The highest BCUT2D eigenvalue weighted by atomic mass is 16.5. The summed E-state index contributed by atoms with van der Waals surface area (Å²) < 4.78 is 5.17. The first-order chi connectivity index (χ1) is 7.04. The lowest BCUT2D eigenvalue weighted by Crippen LogP contribution is -2.18. The van der Waals surface area contributed by atoms with Crippen LogP contribution in [0.5, 0.6) is 5.75 Å². The fourth-order valence-corrected chi connectivity index (χ4v) is 1.20. The Labute approximate surface area is 90.4 Å². The van der Waals surface area contributed by atoms with Crippen molar-refractivity contribution in [3.8, 4) is 5.75 Å². The second-order valence-electron chi connectivity index (χ2n) is 3.85. The molecule has 0 aliphatic heterocycles. The maximum Gasteiger partial charge on any atom is 0.227 e. The maximum absolute atomic E-state index is 11.5. The number of ether oxygens (including phenoxy) is 1. The van der Waals surface area contributed by atoms with Crippen LogP contribution in [-0.2, 0) is 4.79 Å². The molecule has 0 aliphatic carbocycles. The minimum absolute atomic E-state index is 0.00102. The number of carbonyl (C=O) groups is 1. The molecule has 0 unspecified atom stereocenters. The number of aryl methyl sites for hydroxylation is 1. The Kier molecular flexibility index (Phi) is 3.72. The van der Waals surface area contributed by atoms with Gasteiger partial charge in [0.05, 0.1) is 12.8 Å². The molecule has 1 aromatic rings. The highest BCUT2D eigenvalue weighted by Gasteiger charge is 2.10. The predicted molar refractivity (Wildman–Crippen MR) is 61.2 cm³/mol. The van der Waals surface area contributed by atoms with Gasteiger partial charge < -0.3 is 10.1 Å². The number of benzene rings is 1. The van der Waals surface area contributed by atoms with Gasteiger partial charge in [0.2, 0.25) is 5.91 Å². The Hall–Kier alpha value is -1.51. The monoisotopic (exact) mass is 207 g/mol. The van der Waals surface area contributed by atoms with E-state index >= 15 is 0 Å². The van der Waals surface area contributed by atoms with Gasteiger partial charge in [0.25, 0.3) is 0 Å². The highest BCUT2D eigenvalue weighted by molar-refractivity contribution is 5.93. The first-order valence-corrected chi connectivity index (χ1v) is 5.00. The molecule has 15 heavy (non-hydrogen) atoms. The van der Waals surface area contributed by atoms with E-state index in [-0.39, 0.29) is 11.8 Å². The van der Waals surface area contributed by atoms with E-state index in [0.717, 1.165) is 11.3 Å². The van der Waals surface area contributed by atoms with E-state index in [2.05, 4.69) is 5.32 Å². The number of anilines is 1. The molecule has 1 amide bonds. The molecule has 1 rings (SSSR count). The largest absolute Gasteiger partial charge is 0.495 e. The molecular weight excluding hydrogens is 190 g/mol. The van der Waals surface area contributed by atoms with E-state index < -0.39 is 0 Å². The van der Waals surface area contributed by atoms with Crippen LogP contribution < -0.4 is 10.1 Å². The van der Waals surface area contributed by atoms with E-state index in [1.54, 1.807) is 7.11 Å². The fourth-order valence-electron chi connectivity index (χ4n) is 1.20. The molecule has 0 fully saturated rings. The summed E-state index contributed by atoms with van der Waals surface area (Å²) in [5.74, 6) is 0.656. The normalized spacial score (nSPS) is 10.2. The number of carbonyl (C=O) groups excluding carboxylic acids is 1. The molecule has 3 nitrogen and oxygen atoms in total. The van der Waals surface area contributed by atoms with Crippen molar-refractivity contribution in [1.29, 1.82) is 0 Å². The topological polar surface area (TPSA) is 38.3 Å². The molecule has 0 atom stereocenters. The van der Waals surface area contributed by atoms with Crippen LogP contribution in [-0.4, -0.2) is 13.0 Å². The number of nitrogens with one attached hydrogen (secondary N) is 1. The van der Waals surface area contributed by atoms with Crippen LogP contribution in [0.25, 0.3) is 0 Å². The Morgan fingerprint density at radius 3 is 2.60 bits per heavy atom. The van der Waals surface area contributed by atoms with Gasteiger partial charge in [0, 0.05) is 5.92 Å². The first-order valence-electron chi connectivity index (χ1n) is 5.00. The molecule has 0 heterocycles. The summed E-state index contributed by atoms with van der Waals surface area (Å²) in [5.41, 5.74) is 1.83. The van der Waals surface area contributed by atoms with Crippen molar-refractivity contribution in [1.82, 2.24) is 0 Å². The average molecular weight is 207 g/mol. The molecule has 0 radical (unpaired) electrons. The quantitative estimate of drug-likeness (QED) is 0.827. The summed E-state index contributed by atoms with van der Waals surface area (Å²) >= 11 is 0. The number of methoxy groups -OCH3 is 1. The molecule has 3 heteroatoms. The van der Waals surface area contributed by atoms with Crippen LogP contribution in [0, 0.1) is 12.8 Å². The zero-order chi connectivity index (χ0) is 11.4. The maximum atomic E-state index is 11.5. The van der Waals surface area contributed by atoms with Gasteiger partial charge in [-0.3, -0.25) is 4.79 Å². The van der Waals surface area contributed by atoms with Crippen molar-refractivity contribution in [3.05, 3.63) is 23.8 Å². The van der Waals surface area contributed by atoms with Gasteiger partial charge >= 0.3 is 0 Å². The standard InChI is InChI=1S/C12H17NO2/c1-8(2)12(14)13-10-7-9(3)5-6-11(10)15-4/h5-8H,1-4H3,(H,13,14). The summed E-state index contributed by atoms with van der Waals surface area (Å²) in [7, 11) is 1.59. The van der Waals surface area contributed by atoms with Crippen LogP contribution >= 0.6 is 0 Å². The smallest absolute Gasteiger partial charge is 0.227 e. The Morgan fingerprint density at radius 2 is 2.07 bits per heavy atom. The van der Waals surface area contributed by atoms with Crippen LogP contribution in [0.2, 0.25) is 0 Å². The van der Waals surface area contributed by atoms with Crippen molar-refractivity contribution in [2.75, 3.05) is 12.4 Å². The van der Waals surface area contributed by atoms with Crippen LogP contribution in [0.1, 0.15) is 19.4 Å². The van der Waals surface area contributed by atoms with E-state index in [1.165, 1.54) is 0 Å². The van der Waals surface area contributed by atoms with Crippen molar-refractivity contribution < 1.29 is 9.53 Å². The molecule has 0 bridgehead atoms. The van der Waals surface area contributed by atoms with Crippen molar-refractivity contribution in [2.24, 2.45) is 5.92 Å². The summed E-state index contributed by atoms with van der Waals surface area (Å²) in [6.07, 6.45) is 0. The molecule has 82 valence electrons. The van der Waals surface area contributed by atoms with E-state index in [0.29, 0.717) is 5.75 Å². The summed E-state index contributed by atoms with van der Waals surface area (Å²) in [5, 5.41) is 2.84. The molecule has 1 N–H and O–H groups in total. The molecule has 0 aliphatic rings. The van der Waals surface area contributed by atoms with Crippen molar-refractivity contribution in [3.63, 3.8) is 0 Å². The zero-order valence-electron chi connectivity index (χ0n) is 9.63. The second kappa shape index (κ2) is 4.82. The summed E-state index contributed by atoms with van der Waals surface area (Å²) in [6, 6.07) is 5.70. The summed E-state index contributed by atoms with van der Waals surface area (Å²) in [4.78, 5) is 11.5. The number of hydrogen-bond donors (Lipinski definition) is 1. The van der Waals surface area contributed by atoms with E-state index in [9.17, 15) is 4.79 Å². The fraction of sp³-hybridized carbons (Fsp3) is 0.417. The number of hydrogen-bond acceptors (Lipinski definition) is 2. The number of amides is 1. The Balaban J connectivity index is 2.92. The highest BCUT2D eigenvalue weighted by Crippen LogP contribution is 2.25. The lowest BCUT2D eigenvalue weighted by Gasteiger charge is -2.12. The zero-order valence-corrected chi connectivity index (χ0v) is 9.63. The van der Waals surface area contributed by atoms with Gasteiger partial charge in [-0.2, -0.15) is 0 Å². The third kappa shape index (κ3) is 2.98. The molecule has 0 saturated carbocycles. The van der Waals surface area contributed by atoms with Gasteiger partial charge in [0.15, 0.2) is 0 Å². The van der Waals surface area contributed by atoms with Crippen LogP contribution in [0.4, 0.5) is 5.69 Å². The first kappa shape index (κ1) is 11.6. The van der Waals surface area contributed by atoms with Gasteiger partial charge in [-0.1, -0.05) is 19.9 Å². The minimum Gasteiger partial charge on any atom is -0.495 e. The molecule has 0 saturated heterocycles. The van der Waals surface area contributed by atoms with E-state index in [1.807, 2.05) is 39.0 Å². The molecule has 0 aromatic heterocycles. The van der Waals surface area contributed by atoms with Crippen LogP contribution in [0.15, 0.2) is 18.2 Å². The molecular formula is C12H17NO2. The summed E-state index contributed by atoms with van der Waals surface area (Å²) in [6.45, 7) is 5.69. The Morgan fingerprint density at radius 1 is 1.40 bits per heavy atom. The minimum atomic E-state index is -0.0322. The third-order valence-corrected chi connectivity index (χ3v) is 2.14. The van der Waals surface area contributed by atoms with Gasteiger partial charge in [-0.25, -0.2) is 0 Å². The van der Waals surface area contributed by atoms with Crippen molar-refractivity contribution in [2.45, 2.75) is 20.8 Å². The van der Waals surface area contributed by atoms with Gasteiger partial charge in [-0.15, -0.1) is 0 Å². The van der Waals surface area contributed by atoms with E-state index in [4.69, 9.17) is 4.74 Å². The molecule has 1 aromatic carbocycles. The second-order valence-corrected chi connectivity index (χ2v) is 3.85. The SMILES string of the molecule is COc1ccc(C)cc1NC(=O)C(C)C. The third-order valence-electron chi connectivity index (χ3n) is 2.14. The lowest BCUT2D eigenvalue weighted by molar-refractivity contribution is -0.118. The Bertz CT molecular complexity index is 359. The van der Waals surface area contributed by atoms with Gasteiger partial charge in [0.1, 0.15) is 5.75 Å². The lowest BCUT2D eigenvalue weighted by atomic mass is 10.1. The van der Waals surface area contributed by atoms with Crippen LogP contribution in [0.3, 0.4) is 0 Å².